The van der Waals surface area contributed by atoms with Crippen LogP contribution in [0, 0.1) is 11.8 Å². The first-order valence-electron chi connectivity index (χ1n) is 10.1. The van der Waals surface area contributed by atoms with Gasteiger partial charge in [-0.1, -0.05) is 32.0 Å². The summed E-state index contributed by atoms with van der Waals surface area (Å²) in [6.45, 7) is 8.08. The van der Waals surface area contributed by atoms with Crippen molar-refractivity contribution in [2.75, 3.05) is 0 Å². The quantitative estimate of drug-likeness (QED) is 0.631. The molecule has 1 fully saturated rings. The maximum Gasteiger partial charge on any atom is 0.420 e. The van der Waals surface area contributed by atoms with Crippen molar-refractivity contribution in [2.45, 2.75) is 71.2 Å². The van der Waals surface area contributed by atoms with E-state index in [1.165, 1.54) is 12.1 Å². The highest BCUT2D eigenvalue weighted by atomic mass is 19.4. The van der Waals surface area contributed by atoms with E-state index in [4.69, 9.17) is 10.5 Å². The Labute approximate surface area is 165 Å². The summed E-state index contributed by atoms with van der Waals surface area (Å²) in [6.07, 6.45) is -1.02. The molecule has 0 aromatic heterocycles. The molecule has 0 heterocycles. The lowest BCUT2D eigenvalue weighted by Gasteiger charge is -2.32. The number of hydrogen-bond donors (Lipinski definition) is 1. The molecule has 0 radical (unpaired) electrons. The van der Waals surface area contributed by atoms with Crippen LogP contribution in [0.25, 0.3) is 10.8 Å². The molecule has 0 amide bonds. The number of benzene rings is 2. The lowest BCUT2D eigenvalue weighted by molar-refractivity contribution is -0.138. The third kappa shape index (κ3) is 4.45. The Hall–Kier alpha value is -1.75. The highest BCUT2D eigenvalue weighted by Gasteiger charge is 2.37. The van der Waals surface area contributed by atoms with Crippen molar-refractivity contribution < 1.29 is 17.9 Å². The average Bonchev–Trinajstić information content (AvgIpc) is 2.59. The summed E-state index contributed by atoms with van der Waals surface area (Å²) in [7, 11) is 0. The standard InChI is InChI=1S/C23H30F3NO/c1-14(2)15-5-9-18(10-6-15)28-20-12-7-16-13-17(22(3,4)27)8-11-19(16)21(20)23(24,25)26/h7-8,11-15,18H,5-6,9-10,27H2,1-4H3. The molecule has 0 spiro atoms. The number of rotatable bonds is 4. The van der Waals surface area contributed by atoms with Gasteiger partial charge in [0.2, 0.25) is 0 Å². The van der Waals surface area contributed by atoms with Gasteiger partial charge in [-0.2, -0.15) is 13.2 Å². The molecule has 28 heavy (non-hydrogen) atoms. The van der Waals surface area contributed by atoms with Crippen molar-refractivity contribution in [3.8, 4) is 5.75 Å². The smallest absolute Gasteiger partial charge is 0.420 e. The molecule has 2 nitrogen and oxygen atoms in total. The number of ether oxygens (including phenoxy) is 1. The van der Waals surface area contributed by atoms with Crippen LogP contribution in [0.4, 0.5) is 13.2 Å². The van der Waals surface area contributed by atoms with Crippen molar-refractivity contribution in [2.24, 2.45) is 17.6 Å². The zero-order valence-corrected chi connectivity index (χ0v) is 17.1. The topological polar surface area (TPSA) is 35.2 Å². The molecule has 0 atom stereocenters. The molecular formula is C23H30F3NO. The predicted molar refractivity (Wildman–Crippen MR) is 107 cm³/mol. The first-order chi connectivity index (χ1) is 13.0. The number of alkyl halides is 3. The largest absolute Gasteiger partial charge is 0.490 e. The van der Waals surface area contributed by atoms with E-state index >= 15 is 0 Å². The van der Waals surface area contributed by atoms with Gasteiger partial charge in [0.05, 0.1) is 6.10 Å². The minimum atomic E-state index is -4.48. The summed E-state index contributed by atoms with van der Waals surface area (Å²) in [6, 6.07) is 8.10. The fraction of sp³-hybridized carbons (Fsp3) is 0.565. The molecule has 0 bridgehead atoms. The fourth-order valence-electron chi connectivity index (χ4n) is 4.15. The Morgan fingerprint density at radius 2 is 1.64 bits per heavy atom. The maximum atomic E-state index is 13.9. The van der Waals surface area contributed by atoms with E-state index in [9.17, 15) is 13.2 Å². The molecule has 2 N–H and O–H groups in total. The molecule has 0 aliphatic heterocycles. The van der Waals surface area contributed by atoms with Crippen LogP contribution < -0.4 is 10.5 Å². The Bertz CT molecular complexity index is 828. The van der Waals surface area contributed by atoms with Gasteiger partial charge in [-0.25, -0.2) is 0 Å². The molecule has 154 valence electrons. The maximum absolute atomic E-state index is 13.9. The zero-order valence-electron chi connectivity index (χ0n) is 17.1. The van der Waals surface area contributed by atoms with E-state index in [0.717, 1.165) is 31.2 Å². The van der Waals surface area contributed by atoms with E-state index in [-0.39, 0.29) is 17.2 Å². The first kappa shape index (κ1) is 21.0. The second kappa shape index (κ2) is 7.58. The monoisotopic (exact) mass is 393 g/mol. The summed E-state index contributed by atoms with van der Waals surface area (Å²) >= 11 is 0. The predicted octanol–water partition coefficient (Wildman–Crippen LogP) is 6.65. The Morgan fingerprint density at radius 1 is 1.00 bits per heavy atom. The Kier molecular flexibility index (Phi) is 5.68. The number of halogens is 3. The van der Waals surface area contributed by atoms with Crippen molar-refractivity contribution >= 4 is 10.8 Å². The summed E-state index contributed by atoms with van der Waals surface area (Å²) < 4.78 is 47.7. The average molecular weight is 393 g/mol. The van der Waals surface area contributed by atoms with Crippen LogP contribution in [0.15, 0.2) is 30.3 Å². The van der Waals surface area contributed by atoms with E-state index < -0.39 is 17.3 Å². The third-order valence-electron chi connectivity index (χ3n) is 5.96. The van der Waals surface area contributed by atoms with Gasteiger partial charge in [0.1, 0.15) is 11.3 Å². The summed E-state index contributed by atoms with van der Waals surface area (Å²) in [5.41, 5.74) is 5.61. The molecule has 1 saturated carbocycles. The summed E-state index contributed by atoms with van der Waals surface area (Å²) in [5.74, 6) is 1.18. The van der Waals surface area contributed by atoms with Gasteiger partial charge in [-0.05, 0) is 79.8 Å². The van der Waals surface area contributed by atoms with E-state index in [2.05, 4.69) is 13.8 Å². The molecule has 0 saturated heterocycles. The zero-order chi connectivity index (χ0) is 20.7. The van der Waals surface area contributed by atoms with E-state index in [1.807, 2.05) is 13.8 Å². The van der Waals surface area contributed by atoms with Gasteiger partial charge in [0, 0.05) is 5.54 Å². The molecule has 5 heteroatoms. The van der Waals surface area contributed by atoms with Gasteiger partial charge >= 0.3 is 6.18 Å². The van der Waals surface area contributed by atoms with Crippen LogP contribution in [-0.4, -0.2) is 6.10 Å². The lowest BCUT2D eigenvalue weighted by atomic mass is 9.80. The second-order valence-corrected chi connectivity index (χ2v) is 8.99. The minimum Gasteiger partial charge on any atom is -0.490 e. The van der Waals surface area contributed by atoms with Gasteiger partial charge in [0.25, 0.3) is 0 Å². The van der Waals surface area contributed by atoms with Crippen molar-refractivity contribution in [1.29, 1.82) is 0 Å². The number of fused-ring (bicyclic) bond motifs is 1. The molecule has 0 unspecified atom stereocenters. The normalized spacial score (nSPS) is 21.3. The fourth-order valence-corrected chi connectivity index (χ4v) is 4.15. The van der Waals surface area contributed by atoms with Gasteiger partial charge < -0.3 is 10.5 Å². The van der Waals surface area contributed by atoms with Crippen LogP contribution in [0.5, 0.6) is 5.75 Å². The van der Waals surface area contributed by atoms with Crippen LogP contribution in [-0.2, 0) is 11.7 Å². The van der Waals surface area contributed by atoms with E-state index in [1.54, 1.807) is 18.2 Å². The third-order valence-corrected chi connectivity index (χ3v) is 5.96. The Morgan fingerprint density at radius 3 is 2.18 bits per heavy atom. The van der Waals surface area contributed by atoms with E-state index in [0.29, 0.717) is 17.2 Å². The number of nitrogens with two attached hydrogens (primary N) is 1. The Balaban J connectivity index is 1.94. The van der Waals surface area contributed by atoms with Crippen LogP contribution in [0.2, 0.25) is 0 Å². The molecular weight excluding hydrogens is 363 g/mol. The van der Waals surface area contributed by atoms with Crippen LogP contribution in [0.1, 0.15) is 64.5 Å². The van der Waals surface area contributed by atoms with Crippen molar-refractivity contribution in [3.05, 3.63) is 41.5 Å². The second-order valence-electron chi connectivity index (χ2n) is 8.99. The van der Waals surface area contributed by atoms with Crippen molar-refractivity contribution in [1.82, 2.24) is 0 Å². The molecule has 2 aromatic rings. The molecule has 3 rings (SSSR count). The van der Waals surface area contributed by atoms with Gasteiger partial charge in [0.15, 0.2) is 0 Å². The SMILES string of the molecule is CC(C)C1CCC(Oc2ccc3cc(C(C)(C)N)ccc3c2C(F)(F)F)CC1. The highest BCUT2D eigenvalue weighted by molar-refractivity contribution is 5.89. The molecule has 1 aliphatic rings. The van der Waals surface area contributed by atoms with Crippen LogP contribution >= 0.6 is 0 Å². The molecule has 1 aliphatic carbocycles. The molecule has 2 aromatic carbocycles. The summed E-state index contributed by atoms with van der Waals surface area (Å²) in [5, 5.41) is 0.688. The van der Waals surface area contributed by atoms with Gasteiger partial charge in [-0.15, -0.1) is 0 Å². The van der Waals surface area contributed by atoms with Crippen LogP contribution in [0.3, 0.4) is 0 Å². The highest BCUT2D eigenvalue weighted by Crippen LogP contribution is 2.43. The van der Waals surface area contributed by atoms with Crippen molar-refractivity contribution in [3.63, 3.8) is 0 Å². The summed E-state index contributed by atoms with van der Waals surface area (Å²) in [4.78, 5) is 0. The lowest BCUT2D eigenvalue weighted by Crippen LogP contribution is -2.28. The van der Waals surface area contributed by atoms with Gasteiger partial charge in [-0.3, -0.25) is 0 Å². The number of hydrogen-bond acceptors (Lipinski definition) is 2. The minimum absolute atomic E-state index is 0.0623. The first-order valence-corrected chi connectivity index (χ1v) is 10.1.